The molecule has 0 unspecified atom stereocenters. The molecule has 2 heterocycles. The first kappa shape index (κ1) is 14.2. The minimum Gasteiger partial charge on any atom is -0.395 e. The Kier molecular flexibility index (Phi) is 4.27. The third-order valence-corrected chi connectivity index (χ3v) is 4.19. The normalized spacial score (nSPS) is 19.0. The van der Waals surface area contributed by atoms with Crippen molar-refractivity contribution in [2.45, 2.75) is 32.4 Å². The molecule has 3 rings (SSSR count). The molecule has 4 nitrogen and oxygen atoms in total. The number of hydrogen-bond acceptors (Lipinski definition) is 4. The second kappa shape index (κ2) is 6.33. The van der Waals surface area contributed by atoms with Crippen molar-refractivity contribution in [1.29, 1.82) is 0 Å². The summed E-state index contributed by atoms with van der Waals surface area (Å²) in [5.41, 5.74) is 3.37. The number of aliphatic hydroxyl groups is 1. The summed E-state index contributed by atoms with van der Waals surface area (Å²) < 4.78 is 0. The zero-order valence-electron chi connectivity index (χ0n) is 12.4. The summed E-state index contributed by atoms with van der Waals surface area (Å²) in [5.74, 6) is 0.775. The third kappa shape index (κ3) is 3.12. The Hall–Kier alpha value is -1.78. The lowest BCUT2D eigenvalue weighted by molar-refractivity contribution is 0.153. The Bertz CT molecular complexity index is 597. The minimum atomic E-state index is 0.238. The molecule has 0 amide bonds. The zero-order valence-corrected chi connectivity index (χ0v) is 12.4. The van der Waals surface area contributed by atoms with Crippen molar-refractivity contribution >= 4 is 0 Å². The van der Waals surface area contributed by atoms with Crippen LogP contribution in [0.5, 0.6) is 0 Å². The molecular weight excluding hydrogens is 262 g/mol. The fraction of sp³-hybridized carbons (Fsp3) is 0.412. The van der Waals surface area contributed by atoms with Crippen LogP contribution in [0.3, 0.4) is 0 Å². The molecule has 0 radical (unpaired) electrons. The summed E-state index contributed by atoms with van der Waals surface area (Å²) in [5, 5.41) is 9.36. The SMILES string of the molecule is Cc1ccccc1-c1ncc(CN2CCC[C@H]2CO)cn1. The highest BCUT2D eigenvalue weighted by molar-refractivity contribution is 5.59. The molecule has 110 valence electrons. The molecule has 2 aromatic rings. The summed E-state index contributed by atoms with van der Waals surface area (Å²) in [6.45, 7) is 4.18. The first-order chi connectivity index (χ1) is 10.3. The molecule has 1 N–H and O–H groups in total. The lowest BCUT2D eigenvalue weighted by Gasteiger charge is -2.22. The predicted molar refractivity (Wildman–Crippen MR) is 82.7 cm³/mol. The standard InChI is InChI=1S/C17H21N3O/c1-13-5-2-3-7-16(13)17-18-9-14(10-19-17)11-20-8-4-6-15(20)12-21/h2-3,5,7,9-10,15,21H,4,6,8,11-12H2,1H3/t15-/m0/s1. The van der Waals surface area contributed by atoms with Gasteiger partial charge in [0, 0.05) is 36.1 Å². The van der Waals surface area contributed by atoms with Crippen LogP contribution in [0.15, 0.2) is 36.7 Å². The van der Waals surface area contributed by atoms with E-state index in [1.54, 1.807) is 0 Å². The maximum absolute atomic E-state index is 9.36. The Morgan fingerprint density at radius 2 is 2.00 bits per heavy atom. The van der Waals surface area contributed by atoms with Gasteiger partial charge in [0.2, 0.25) is 0 Å². The molecule has 1 aliphatic rings. The van der Waals surface area contributed by atoms with Crippen LogP contribution in [0, 0.1) is 6.92 Å². The van der Waals surface area contributed by atoms with Crippen molar-refractivity contribution in [2.24, 2.45) is 0 Å². The van der Waals surface area contributed by atoms with Crippen molar-refractivity contribution in [3.05, 3.63) is 47.8 Å². The first-order valence-electron chi connectivity index (χ1n) is 7.50. The molecule has 1 atom stereocenters. The van der Waals surface area contributed by atoms with Gasteiger partial charge in [-0.3, -0.25) is 4.90 Å². The van der Waals surface area contributed by atoms with Crippen molar-refractivity contribution < 1.29 is 5.11 Å². The second-order valence-electron chi connectivity index (χ2n) is 5.68. The molecule has 21 heavy (non-hydrogen) atoms. The van der Waals surface area contributed by atoms with Crippen LogP contribution in [0.2, 0.25) is 0 Å². The number of aromatic nitrogens is 2. The van der Waals surface area contributed by atoms with E-state index in [-0.39, 0.29) is 6.61 Å². The molecule has 4 heteroatoms. The smallest absolute Gasteiger partial charge is 0.159 e. The molecule has 1 fully saturated rings. The van der Waals surface area contributed by atoms with Crippen molar-refractivity contribution in [2.75, 3.05) is 13.2 Å². The molecular formula is C17H21N3O. The van der Waals surface area contributed by atoms with Crippen molar-refractivity contribution in [3.63, 3.8) is 0 Å². The maximum atomic E-state index is 9.36. The lowest BCUT2D eigenvalue weighted by atomic mass is 10.1. The fourth-order valence-electron chi connectivity index (χ4n) is 2.94. The molecule has 0 spiro atoms. The topological polar surface area (TPSA) is 49.2 Å². The van der Waals surface area contributed by atoms with E-state index < -0.39 is 0 Å². The van der Waals surface area contributed by atoms with E-state index in [1.165, 1.54) is 5.56 Å². The third-order valence-electron chi connectivity index (χ3n) is 4.19. The first-order valence-corrected chi connectivity index (χ1v) is 7.50. The van der Waals surface area contributed by atoms with E-state index in [2.05, 4.69) is 27.9 Å². The minimum absolute atomic E-state index is 0.238. The average Bonchev–Trinajstić information content (AvgIpc) is 2.96. The highest BCUT2D eigenvalue weighted by Gasteiger charge is 2.23. The predicted octanol–water partition coefficient (Wildman–Crippen LogP) is 2.41. The highest BCUT2D eigenvalue weighted by atomic mass is 16.3. The monoisotopic (exact) mass is 283 g/mol. The van der Waals surface area contributed by atoms with E-state index >= 15 is 0 Å². The summed E-state index contributed by atoms with van der Waals surface area (Å²) >= 11 is 0. The van der Waals surface area contributed by atoms with Gasteiger partial charge in [-0.05, 0) is 31.9 Å². The van der Waals surface area contributed by atoms with Gasteiger partial charge in [-0.25, -0.2) is 9.97 Å². The van der Waals surface area contributed by atoms with Crippen LogP contribution in [0.4, 0.5) is 0 Å². The number of benzene rings is 1. The van der Waals surface area contributed by atoms with E-state index in [0.29, 0.717) is 6.04 Å². The maximum Gasteiger partial charge on any atom is 0.159 e. The van der Waals surface area contributed by atoms with Gasteiger partial charge in [0.1, 0.15) is 0 Å². The Labute approximate surface area is 125 Å². The van der Waals surface area contributed by atoms with Crippen molar-refractivity contribution in [3.8, 4) is 11.4 Å². The number of rotatable bonds is 4. The summed E-state index contributed by atoms with van der Waals surface area (Å²) in [6.07, 6.45) is 6.05. The van der Waals surface area contributed by atoms with Gasteiger partial charge in [0.05, 0.1) is 6.61 Å². The van der Waals surface area contributed by atoms with Gasteiger partial charge in [-0.1, -0.05) is 24.3 Å². The molecule has 1 aliphatic heterocycles. The van der Waals surface area contributed by atoms with E-state index in [1.807, 2.05) is 30.6 Å². The van der Waals surface area contributed by atoms with Crippen LogP contribution in [0.1, 0.15) is 24.0 Å². The van der Waals surface area contributed by atoms with Gasteiger partial charge in [-0.2, -0.15) is 0 Å². The highest BCUT2D eigenvalue weighted by Crippen LogP contribution is 2.21. The number of nitrogens with zero attached hydrogens (tertiary/aromatic N) is 3. The van der Waals surface area contributed by atoms with Crippen LogP contribution in [-0.4, -0.2) is 39.2 Å². The van der Waals surface area contributed by atoms with Gasteiger partial charge >= 0.3 is 0 Å². The summed E-state index contributed by atoms with van der Waals surface area (Å²) in [6, 6.07) is 8.45. The summed E-state index contributed by atoms with van der Waals surface area (Å²) in [7, 11) is 0. The lowest BCUT2D eigenvalue weighted by Crippen LogP contribution is -2.31. The molecule has 1 saturated heterocycles. The quantitative estimate of drug-likeness (QED) is 0.936. The molecule has 0 aliphatic carbocycles. The van der Waals surface area contributed by atoms with E-state index in [9.17, 15) is 5.11 Å². The molecule has 0 bridgehead atoms. The van der Waals surface area contributed by atoms with Crippen LogP contribution < -0.4 is 0 Å². The number of hydrogen-bond donors (Lipinski definition) is 1. The van der Waals surface area contributed by atoms with Gasteiger partial charge in [0.15, 0.2) is 5.82 Å². The molecule has 1 aromatic carbocycles. The number of likely N-dealkylation sites (tertiary alicyclic amines) is 1. The largest absolute Gasteiger partial charge is 0.395 e. The van der Waals surface area contributed by atoms with Crippen LogP contribution in [0.25, 0.3) is 11.4 Å². The van der Waals surface area contributed by atoms with Gasteiger partial charge < -0.3 is 5.11 Å². The average molecular weight is 283 g/mol. The Morgan fingerprint density at radius 3 is 2.71 bits per heavy atom. The Morgan fingerprint density at radius 1 is 1.24 bits per heavy atom. The molecule has 0 saturated carbocycles. The van der Waals surface area contributed by atoms with Gasteiger partial charge in [-0.15, -0.1) is 0 Å². The van der Waals surface area contributed by atoms with Crippen molar-refractivity contribution in [1.82, 2.24) is 14.9 Å². The number of aryl methyl sites for hydroxylation is 1. The van der Waals surface area contributed by atoms with Crippen LogP contribution >= 0.6 is 0 Å². The van der Waals surface area contributed by atoms with E-state index in [0.717, 1.165) is 42.9 Å². The Balaban J connectivity index is 1.74. The van der Waals surface area contributed by atoms with Gasteiger partial charge in [0.25, 0.3) is 0 Å². The van der Waals surface area contributed by atoms with Crippen LogP contribution in [-0.2, 0) is 6.54 Å². The zero-order chi connectivity index (χ0) is 14.7. The number of aliphatic hydroxyl groups excluding tert-OH is 1. The second-order valence-corrected chi connectivity index (χ2v) is 5.68. The van der Waals surface area contributed by atoms with E-state index in [4.69, 9.17) is 0 Å². The fourth-order valence-corrected chi connectivity index (χ4v) is 2.94. The molecule has 1 aromatic heterocycles. The summed E-state index contributed by atoms with van der Waals surface area (Å²) in [4.78, 5) is 11.3.